The minimum absolute atomic E-state index is 0.0897. The molecule has 2 fully saturated rings. The van der Waals surface area contributed by atoms with E-state index >= 15 is 0 Å². The van der Waals surface area contributed by atoms with Crippen molar-refractivity contribution in [3.8, 4) is 0 Å². The Morgan fingerprint density at radius 3 is 2.00 bits per heavy atom. The van der Waals surface area contributed by atoms with Crippen molar-refractivity contribution in [3.63, 3.8) is 0 Å². The van der Waals surface area contributed by atoms with Gasteiger partial charge >= 0.3 is 0 Å². The third kappa shape index (κ3) is 8.33. The molecule has 4 heteroatoms. The summed E-state index contributed by atoms with van der Waals surface area (Å²) in [6.07, 6.45) is 20.3. The van der Waals surface area contributed by atoms with E-state index < -0.39 is 5.41 Å². The maximum atomic E-state index is 12.1. The first-order valence-electron chi connectivity index (χ1n) is 11.6. The number of hydrogen-bond donors (Lipinski definition) is 2. The molecule has 0 saturated heterocycles. The van der Waals surface area contributed by atoms with Crippen molar-refractivity contribution in [1.82, 2.24) is 0 Å². The molecule has 0 heterocycles. The fourth-order valence-electron chi connectivity index (χ4n) is 4.39. The lowest BCUT2D eigenvalue weighted by molar-refractivity contribution is -0.122. The van der Waals surface area contributed by atoms with Crippen LogP contribution in [0.15, 0.2) is 0 Å². The van der Waals surface area contributed by atoms with Crippen molar-refractivity contribution in [1.29, 1.82) is 5.41 Å². The predicted molar refractivity (Wildman–Crippen MR) is 112 cm³/mol. The molecule has 0 aromatic heterocycles. The maximum Gasteiger partial charge on any atom is 0.146 e. The van der Waals surface area contributed by atoms with Crippen LogP contribution in [0, 0.1) is 16.7 Å². The van der Waals surface area contributed by atoms with E-state index in [4.69, 9.17) is 15.9 Å². The summed E-state index contributed by atoms with van der Waals surface area (Å²) in [6.45, 7) is 1.95. The molecule has 3 N–H and O–H groups in total. The first-order chi connectivity index (χ1) is 13.1. The molecule has 0 spiro atoms. The van der Waals surface area contributed by atoms with Gasteiger partial charge in [-0.05, 0) is 44.4 Å². The van der Waals surface area contributed by atoms with Gasteiger partial charge in [-0.3, -0.25) is 10.2 Å². The van der Waals surface area contributed by atoms with Gasteiger partial charge in [-0.15, -0.1) is 0 Å². The minimum atomic E-state index is -0.542. The molecule has 0 atom stereocenters. The van der Waals surface area contributed by atoms with Crippen molar-refractivity contribution in [2.75, 3.05) is 13.2 Å². The molecule has 0 radical (unpaired) electrons. The van der Waals surface area contributed by atoms with E-state index in [0.717, 1.165) is 44.8 Å². The summed E-state index contributed by atoms with van der Waals surface area (Å²) in [5.41, 5.74) is 5.02. The van der Waals surface area contributed by atoms with E-state index in [1.807, 2.05) is 0 Å². The van der Waals surface area contributed by atoms with Crippen molar-refractivity contribution < 1.29 is 9.53 Å². The van der Waals surface area contributed by atoms with E-state index in [-0.39, 0.29) is 11.6 Å². The summed E-state index contributed by atoms with van der Waals surface area (Å²) in [4.78, 5) is 12.1. The minimum Gasteiger partial charge on any atom is -0.387 e. The number of carbonyl (C=O) groups excluding carboxylic acids is 1. The second-order valence-corrected chi connectivity index (χ2v) is 8.93. The molecule has 0 unspecified atom stereocenters. The highest BCUT2D eigenvalue weighted by atomic mass is 16.5. The Kier molecular flexibility index (Phi) is 10.4. The predicted octanol–water partition coefficient (Wildman–Crippen LogP) is 5.77. The van der Waals surface area contributed by atoms with E-state index in [1.54, 1.807) is 0 Å². The number of rotatable bonds is 16. The number of nitrogens with two attached hydrogens (primary N) is 1. The molecule has 0 aromatic carbocycles. The van der Waals surface area contributed by atoms with Gasteiger partial charge in [-0.25, -0.2) is 0 Å². The quantitative estimate of drug-likeness (QED) is 0.203. The zero-order valence-corrected chi connectivity index (χ0v) is 17.4. The highest BCUT2D eigenvalue weighted by Crippen LogP contribution is 2.47. The van der Waals surface area contributed by atoms with Crippen LogP contribution in [0.3, 0.4) is 0 Å². The van der Waals surface area contributed by atoms with Crippen LogP contribution in [0.2, 0.25) is 0 Å². The summed E-state index contributed by atoms with van der Waals surface area (Å²) in [5.74, 6) is 1.14. The van der Waals surface area contributed by atoms with E-state index in [2.05, 4.69) is 0 Å². The van der Waals surface area contributed by atoms with Crippen LogP contribution in [-0.4, -0.2) is 24.8 Å². The number of ether oxygens (including phenoxy) is 1. The van der Waals surface area contributed by atoms with Crippen LogP contribution in [0.5, 0.6) is 0 Å². The number of amidine groups is 1. The van der Waals surface area contributed by atoms with Crippen molar-refractivity contribution in [2.45, 2.75) is 109 Å². The summed E-state index contributed by atoms with van der Waals surface area (Å²) >= 11 is 0. The van der Waals surface area contributed by atoms with Crippen LogP contribution in [0.4, 0.5) is 0 Å². The molecule has 4 nitrogen and oxygen atoms in total. The molecule has 2 saturated carbocycles. The van der Waals surface area contributed by atoms with Gasteiger partial charge in [-0.1, -0.05) is 64.2 Å². The number of Topliss-reactive ketones (excluding diaryl/α,β-unsaturated/α-hetero) is 1. The van der Waals surface area contributed by atoms with Gasteiger partial charge < -0.3 is 10.5 Å². The highest BCUT2D eigenvalue weighted by molar-refractivity contribution is 6.09. The Balaban J connectivity index is 1.29. The number of nitrogens with one attached hydrogen (secondary N) is 1. The maximum absolute atomic E-state index is 12.1. The molecule has 2 aliphatic rings. The third-order valence-corrected chi connectivity index (χ3v) is 6.57. The van der Waals surface area contributed by atoms with E-state index in [9.17, 15) is 4.79 Å². The van der Waals surface area contributed by atoms with Crippen molar-refractivity contribution in [3.05, 3.63) is 0 Å². The summed E-state index contributed by atoms with van der Waals surface area (Å²) in [7, 11) is 0. The van der Waals surface area contributed by atoms with Gasteiger partial charge in [0.05, 0.1) is 5.41 Å². The molecule has 0 amide bonds. The Bertz CT molecular complexity index is 440. The standard InChI is InChI=1S/C23H42N2O2/c24-22(25)23(16-17-23)21(26)15-11-6-4-2-1-3-5-7-12-18-27-19-20-13-9-8-10-14-20/h20H,1-19H2,(H3,24,25). The summed E-state index contributed by atoms with van der Waals surface area (Å²) < 4.78 is 5.86. The lowest BCUT2D eigenvalue weighted by Crippen LogP contribution is -2.31. The average molecular weight is 379 g/mol. The zero-order valence-electron chi connectivity index (χ0n) is 17.4. The second-order valence-electron chi connectivity index (χ2n) is 8.93. The summed E-state index contributed by atoms with van der Waals surface area (Å²) in [5, 5.41) is 7.55. The lowest BCUT2D eigenvalue weighted by atomic mass is 9.90. The fourth-order valence-corrected chi connectivity index (χ4v) is 4.39. The Morgan fingerprint density at radius 2 is 1.44 bits per heavy atom. The molecule has 2 rings (SSSR count). The molecular weight excluding hydrogens is 336 g/mol. The number of hydrogen-bond acceptors (Lipinski definition) is 3. The molecule has 156 valence electrons. The van der Waals surface area contributed by atoms with Crippen LogP contribution in [-0.2, 0) is 9.53 Å². The van der Waals surface area contributed by atoms with E-state index in [1.165, 1.54) is 77.0 Å². The third-order valence-electron chi connectivity index (χ3n) is 6.57. The largest absolute Gasteiger partial charge is 0.387 e. The van der Waals surface area contributed by atoms with Crippen LogP contribution < -0.4 is 5.73 Å². The highest BCUT2D eigenvalue weighted by Gasteiger charge is 2.51. The van der Waals surface area contributed by atoms with Crippen LogP contribution in [0.1, 0.15) is 109 Å². The van der Waals surface area contributed by atoms with Gasteiger partial charge in [0.2, 0.25) is 0 Å². The Hall–Kier alpha value is -0.900. The topological polar surface area (TPSA) is 76.2 Å². The molecule has 27 heavy (non-hydrogen) atoms. The molecule has 2 aliphatic carbocycles. The Labute approximate surface area is 166 Å². The van der Waals surface area contributed by atoms with Crippen LogP contribution >= 0.6 is 0 Å². The average Bonchev–Trinajstić information content (AvgIpc) is 3.48. The fraction of sp³-hybridized carbons (Fsp3) is 0.913. The van der Waals surface area contributed by atoms with E-state index in [0.29, 0.717) is 6.42 Å². The normalized spacial score (nSPS) is 19.1. The van der Waals surface area contributed by atoms with Gasteiger partial charge in [-0.2, -0.15) is 0 Å². The van der Waals surface area contributed by atoms with Gasteiger partial charge in [0.15, 0.2) is 0 Å². The number of ketones is 1. The van der Waals surface area contributed by atoms with Crippen molar-refractivity contribution >= 4 is 11.6 Å². The molecule has 0 aliphatic heterocycles. The number of unbranched alkanes of at least 4 members (excludes halogenated alkanes) is 8. The lowest BCUT2D eigenvalue weighted by Gasteiger charge is -2.21. The number of carbonyl (C=O) groups is 1. The molecule has 0 bridgehead atoms. The van der Waals surface area contributed by atoms with Gasteiger partial charge in [0.1, 0.15) is 11.6 Å². The smallest absolute Gasteiger partial charge is 0.146 e. The van der Waals surface area contributed by atoms with Gasteiger partial charge in [0.25, 0.3) is 0 Å². The van der Waals surface area contributed by atoms with Crippen molar-refractivity contribution in [2.24, 2.45) is 17.1 Å². The SMILES string of the molecule is N=C(N)C1(C(=O)CCCCCCCCCCCOCC2CCCCC2)CC1. The molecule has 0 aromatic rings. The second kappa shape index (κ2) is 12.5. The zero-order chi connectivity index (χ0) is 19.4. The summed E-state index contributed by atoms with van der Waals surface area (Å²) in [6, 6.07) is 0. The molecular formula is C23H42N2O2. The Morgan fingerprint density at radius 1 is 0.889 bits per heavy atom. The van der Waals surface area contributed by atoms with Crippen LogP contribution in [0.25, 0.3) is 0 Å². The first kappa shape index (κ1) is 22.4. The first-order valence-corrected chi connectivity index (χ1v) is 11.6. The van der Waals surface area contributed by atoms with Gasteiger partial charge in [0, 0.05) is 19.6 Å². The monoisotopic (exact) mass is 378 g/mol.